The Balaban J connectivity index is 1.92. The summed E-state index contributed by atoms with van der Waals surface area (Å²) >= 11 is 1.44. The van der Waals surface area contributed by atoms with Gasteiger partial charge in [-0.1, -0.05) is 30.3 Å². The quantitative estimate of drug-likeness (QED) is 0.296. The van der Waals surface area contributed by atoms with Crippen molar-refractivity contribution in [2.75, 3.05) is 0 Å². The van der Waals surface area contributed by atoms with Crippen molar-refractivity contribution in [1.29, 1.82) is 5.26 Å². The molecule has 0 radical (unpaired) electrons. The average Bonchev–Trinajstić information content (AvgIpc) is 3.02. The maximum Gasteiger partial charge on any atom is 0.276 e. The van der Waals surface area contributed by atoms with Gasteiger partial charge in [-0.2, -0.15) is 5.26 Å². The summed E-state index contributed by atoms with van der Waals surface area (Å²) in [5.41, 5.74) is 1.79. The number of hydrogen-bond acceptors (Lipinski definition) is 5. The number of hydrogen-bond donors (Lipinski definition) is 0. The molecule has 0 spiro atoms. The highest BCUT2D eigenvalue weighted by atomic mass is 32.1. The third-order valence-electron chi connectivity index (χ3n) is 3.32. The summed E-state index contributed by atoms with van der Waals surface area (Å²) in [5, 5.41) is 21.0. The number of rotatable bonds is 4. The first-order valence-electron chi connectivity index (χ1n) is 7.07. The number of benzene rings is 2. The predicted molar refractivity (Wildman–Crippen MR) is 95.3 cm³/mol. The number of nitrogens with zero attached hydrogens (tertiary/aromatic N) is 3. The lowest BCUT2D eigenvalue weighted by Gasteiger charge is -1.95. The van der Waals surface area contributed by atoms with E-state index in [1.54, 1.807) is 36.4 Å². The lowest BCUT2D eigenvalue weighted by Crippen LogP contribution is -1.90. The fourth-order valence-electron chi connectivity index (χ4n) is 2.19. The van der Waals surface area contributed by atoms with Gasteiger partial charge in [0, 0.05) is 6.07 Å². The van der Waals surface area contributed by atoms with Crippen molar-refractivity contribution < 1.29 is 4.92 Å². The number of aromatic nitrogens is 1. The molecule has 0 amide bonds. The molecule has 0 aliphatic carbocycles. The summed E-state index contributed by atoms with van der Waals surface area (Å²) in [6.07, 6.45) is 4.87. The Morgan fingerprint density at radius 1 is 1.21 bits per heavy atom. The number of allylic oxidation sites excluding steroid dienone is 3. The van der Waals surface area contributed by atoms with E-state index in [9.17, 15) is 15.4 Å². The van der Waals surface area contributed by atoms with Crippen molar-refractivity contribution in [3.05, 3.63) is 81.4 Å². The first-order valence-corrected chi connectivity index (χ1v) is 7.88. The van der Waals surface area contributed by atoms with E-state index in [4.69, 9.17) is 0 Å². The zero-order valence-corrected chi connectivity index (χ0v) is 13.2. The summed E-state index contributed by atoms with van der Waals surface area (Å²) < 4.78 is 1.01. The van der Waals surface area contributed by atoms with Crippen LogP contribution in [0.15, 0.2) is 60.7 Å². The van der Waals surface area contributed by atoms with Gasteiger partial charge >= 0.3 is 0 Å². The Hall–Kier alpha value is -3.30. The highest BCUT2D eigenvalue weighted by Gasteiger charge is 2.09. The minimum absolute atomic E-state index is 0.0284. The third kappa shape index (κ3) is 3.21. The second kappa shape index (κ2) is 6.86. The number of nitro benzene ring substituents is 1. The number of thiazole rings is 1. The smallest absolute Gasteiger partial charge is 0.258 e. The summed E-state index contributed by atoms with van der Waals surface area (Å²) in [6.45, 7) is 0. The van der Waals surface area contributed by atoms with Crippen LogP contribution < -0.4 is 0 Å². The maximum atomic E-state index is 11.0. The van der Waals surface area contributed by atoms with Gasteiger partial charge in [-0.05, 0) is 30.4 Å². The zero-order valence-electron chi connectivity index (χ0n) is 12.4. The lowest BCUT2D eigenvalue weighted by atomic mass is 10.1. The van der Waals surface area contributed by atoms with E-state index in [1.807, 2.05) is 24.3 Å². The molecule has 0 bridgehead atoms. The molecule has 3 aromatic rings. The molecule has 0 aliphatic rings. The van der Waals surface area contributed by atoms with E-state index in [2.05, 4.69) is 11.1 Å². The van der Waals surface area contributed by atoms with Crippen molar-refractivity contribution in [2.24, 2.45) is 0 Å². The molecular weight excluding hydrogens is 322 g/mol. The van der Waals surface area contributed by atoms with Gasteiger partial charge in [0.05, 0.1) is 26.3 Å². The molecule has 0 saturated heterocycles. The van der Waals surface area contributed by atoms with Gasteiger partial charge in [-0.15, -0.1) is 11.3 Å². The highest BCUT2D eigenvalue weighted by Crippen LogP contribution is 2.27. The van der Waals surface area contributed by atoms with Gasteiger partial charge in [0.2, 0.25) is 0 Å². The Labute approximate surface area is 142 Å². The van der Waals surface area contributed by atoms with E-state index in [0.717, 1.165) is 10.2 Å². The molecule has 3 rings (SSSR count). The monoisotopic (exact) mass is 333 g/mol. The van der Waals surface area contributed by atoms with Gasteiger partial charge in [-0.25, -0.2) is 4.98 Å². The Kier molecular flexibility index (Phi) is 4.45. The zero-order chi connectivity index (χ0) is 16.9. The Bertz CT molecular complexity index is 979. The number of nitriles is 1. The molecule has 2 aromatic carbocycles. The van der Waals surface area contributed by atoms with Crippen LogP contribution in [0.25, 0.3) is 21.9 Å². The van der Waals surface area contributed by atoms with Crippen LogP contribution in [0.3, 0.4) is 0 Å². The highest BCUT2D eigenvalue weighted by molar-refractivity contribution is 7.19. The second-order valence-corrected chi connectivity index (χ2v) is 5.88. The summed E-state index contributed by atoms with van der Waals surface area (Å²) in [7, 11) is 0. The summed E-state index contributed by atoms with van der Waals surface area (Å²) in [4.78, 5) is 15.0. The molecule has 0 atom stereocenters. The number of fused-ring (bicyclic) bond motifs is 1. The molecule has 24 heavy (non-hydrogen) atoms. The van der Waals surface area contributed by atoms with Gasteiger partial charge in [-0.3, -0.25) is 10.1 Å². The minimum atomic E-state index is -0.428. The molecule has 1 heterocycles. The van der Waals surface area contributed by atoms with Crippen molar-refractivity contribution >= 4 is 38.9 Å². The molecular formula is C18H11N3O2S. The van der Waals surface area contributed by atoms with Crippen LogP contribution in [-0.2, 0) is 0 Å². The van der Waals surface area contributed by atoms with Crippen LogP contribution in [0, 0.1) is 21.4 Å². The maximum absolute atomic E-state index is 11.0. The Morgan fingerprint density at radius 2 is 1.96 bits per heavy atom. The standard InChI is InChI=1S/C18H11N3O2S/c19-12-14(18-20-15-9-2-4-11-17(15)24-18)8-5-7-13-6-1-3-10-16(13)21(22)23/h1-11H. The second-order valence-electron chi connectivity index (χ2n) is 4.85. The van der Waals surface area contributed by atoms with E-state index >= 15 is 0 Å². The van der Waals surface area contributed by atoms with E-state index in [1.165, 1.54) is 17.4 Å². The van der Waals surface area contributed by atoms with Gasteiger partial charge < -0.3 is 0 Å². The first kappa shape index (κ1) is 15.6. The van der Waals surface area contributed by atoms with Crippen LogP contribution in [0.4, 0.5) is 5.69 Å². The lowest BCUT2D eigenvalue weighted by molar-refractivity contribution is -0.385. The van der Waals surface area contributed by atoms with E-state index in [-0.39, 0.29) is 5.69 Å². The van der Waals surface area contributed by atoms with Crippen LogP contribution in [0.2, 0.25) is 0 Å². The van der Waals surface area contributed by atoms with Gasteiger partial charge in [0.15, 0.2) is 0 Å². The van der Waals surface area contributed by atoms with Gasteiger partial charge in [0.1, 0.15) is 11.1 Å². The van der Waals surface area contributed by atoms with Crippen LogP contribution in [-0.4, -0.2) is 9.91 Å². The number of nitro groups is 1. The van der Waals surface area contributed by atoms with Crippen LogP contribution >= 0.6 is 11.3 Å². The van der Waals surface area contributed by atoms with Crippen LogP contribution in [0.1, 0.15) is 10.6 Å². The topological polar surface area (TPSA) is 79.8 Å². The average molecular weight is 333 g/mol. The molecule has 116 valence electrons. The first-order chi connectivity index (χ1) is 11.7. The fraction of sp³-hybridized carbons (Fsp3) is 0. The van der Waals surface area contributed by atoms with Crippen molar-refractivity contribution in [2.45, 2.75) is 0 Å². The molecule has 0 unspecified atom stereocenters. The SMILES string of the molecule is N#CC(=CC=Cc1ccccc1[N+](=O)[O-])c1nc2ccccc2s1. The Morgan fingerprint density at radius 3 is 2.71 bits per heavy atom. The van der Waals surface area contributed by atoms with Crippen molar-refractivity contribution in [1.82, 2.24) is 4.98 Å². The summed E-state index contributed by atoms with van der Waals surface area (Å²) in [5.74, 6) is 0. The molecule has 0 fully saturated rings. The molecule has 0 aliphatic heterocycles. The molecule has 1 aromatic heterocycles. The molecule has 0 N–H and O–H groups in total. The van der Waals surface area contributed by atoms with Crippen molar-refractivity contribution in [3.8, 4) is 6.07 Å². The molecule has 0 saturated carbocycles. The fourth-order valence-corrected chi connectivity index (χ4v) is 3.13. The molecule has 5 nitrogen and oxygen atoms in total. The predicted octanol–water partition coefficient (Wildman–Crippen LogP) is 4.82. The van der Waals surface area contributed by atoms with Crippen molar-refractivity contribution in [3.63, 3.8) is 0 Å². The number of para-hydroxylation sites is 2. The summed E-state index contributed by atoms with van der Waals surface area (Å²) in [6, 6.07) is 16.3. The largest absolute Gasteiger partial charge is 0.276 e. The third-order valence-corrected chi connectivity index (χ3v) is 4.39. The van der Waals surface area contributed by atoms with E-state index in [0.29, 0.717) is 16.1 Å². The minimum Gasteiger partial charge on any atom is -0.258 e. The normalized spacial score (nSPS) is 11.7. The molecule has 6 heteroatoms. The van der Waals surface area contributed by atoms with E-state index < -0.39 is 4.92 Å². The van der Waals surface area contributed by atoms with Crippen LogP contribution in [0.5, 0.6) is 0 Å². The van der Waals surface area contributed by atoms with Gasteiger partial charge in [0.25, 0.3) is 5.69 Å².